The summed E-state index contributed by atoms with van der Waals surface area (Å²) in [5.74, 6) is 5.69. The lowest BCUT2D eigenvalue weighted by molar-refractivity contribution is 0.105. The Labute approximate surface area is 68.6 Å². The fourth-order valence-corrected chi connectivity index (χ4v) is 0.762. The van der Waals surface area contributed by atoms with Gasteiger partial charge in [0.15, 0.2) is 0 Å². The van der Waals surface area contributed by atoms with Crippen LogP contribution in [0.4, 0.5) is 0 Å². The van der Waals surface area contributed by atoms with Crippen LogP contribution in [0.5, 0.6) is 0 Å². The number of ether oxygens (including phenoxy) is 1. The lowest BCUT2D eigenvalue weighted by atomic mass is 10.1. The first-order valence-corrected chi connectivity index (χ1v) is 3.88. The Hall–Kier alpha value is -0.520. The van der Waals surface area contributed by atoms with Crippen LogP contribution >= 0.6 is 0 Å². The highest BCUT2D eigenvalue weighted by Crippen LogP contribution is 2.00. The van der Waals surface area contributed by atoms with E-state index >= 15 is 0 Å². The smallest absolute Gasteiger partial charge is 0.0571 e. The van der Waals surface area contributed by atoms with Gasteiger partial charge in [-0.25, -0.2) is 0 Å². The molecular formula is C9H16O2. The van der Waals surface area contributed by atoms with Crippen molar-refractivity contribution in [1.82, 2.24) is 0 Å². The first kappa shape index (κ1) is 10.5. The van der Waals surface area contributed by atoms with Crippen LogP contribution < -0.4 is 0 Å². The molecule has 2 nitrogen and oxygen atoms in total. The molecule has 0 bridgehead atoms. The highest BCUT2D eigenvalue weighted by atomic mass is 16.5. The van der Waals surface area contributed by atoms with Gasteiger partial charge in [-0.1, -0.05) is 0 Å². The van der Waals surface area contributed by atoms with Crippen molar-refractivity contribution in [2.24, 2.45) is 0 Å². The standard InChI is InChI=1S/C9H16O2/c1-3-4-5-6-9(10)7-8-11-2/h9-10H,5-8H2,1-2H3. The maximum absolute atomic E-state index is 9.26. The van der Waals surface area contributed by atoms with E-state index in [1.54, 1.807) is 7.11 Å². The van der Waals surface area contributed by atoms with Crippen molar-refractivity contribution in [3.63, 3.8) is 0 Å². The maximum atomic E-state index is 9.26. The zero-order chi connectivity index (χ0) is 8.53. The molecule has 0 rings (SSSR count). The summed E-state index contributed by atoms with van der Waals surface area (Å²) >= 11 is 0. The molecule has 0 fully saturated rings. The lowest BCUT2D eigenvalue weighted by Crippen LogP contribution is -2.08. The number of hydrogen-bond acceptors (Lipinski definition) is 2. The molecule has 2 heteroatoms. The van der Waals surface area contributed by atoms with E-state index in [1.807, 2.05) is 6.92 Å². The van der Waals surface area contributed by atoms with Crippen molar-refractivity contribution in [1.29, 1.82) is 0 Å². The lowest BCUT2D eigenvalue weighted by Gasteiger charge is -2.06. The Bertz CT molecular complexity index is 132. The molecule has 1 N–H and O–H groups in total. The molecule has 0 radical (unpaired) electrons. The fraction of sp³-hybridized carbons (Fsp3) is 0.778. The average Bonchev–Trinajstić information content (AvgIpc) is 2.01. The number of methoxy groups -OCH3 is 1. The molecule has 0 aromatic heterocycles. The Morgan fingerprint density at radius 3 is 2.73 bits per heavy atom. The molecule has 0 saturated heterocycles. The molecule has 1 atom stereocenters. The Morgan fingerprint density at radius 1 is 1.45 bits per heavy atom. The predicted molar refractivity (Wildman–Crippen MR) is 45.2 cm³/mol. The fourth-order valence-electron chi connectivity index (χ4n) is 0.762. The minimum Gasteiger partial charge on any atom is -0.393 e. The van der Waals surface area contributed by atoms with Crippen molar-refractivity contribution in [2.45, 2.75) is 32.3 Å². The number of aliphatic hydroxyl groups is 1. The van der Waals surface area contributed by atoms with Gasteiger partial charge in [0.2, 0.25) is 0 Å². The third-order valence-electron chi connectivity index (χ3n) is 1.43. The van der Waals surface area contributed by atoms with Gasteiger partial charge in [-0.2, -0.15) is 0 Å². The molecule has 64 valence electrons. The molecule has 11 heavy (non-hydrogen) atoms. The third-order valence-corrected chi connectivity index (χ3v) is 1.43. The Morgan fingerprint density at radius 2 is 2.18 bits per heavy atom. The summed E-state index contributed by atoms with van der Waals surface area (Å²) in [5, 5.41) is 9.26. The summed E-state index contributed by atoms with van der Waals surface area (Å²) in [4.78, 5) is 0. The Balaban J connectivity index is 3.19. The second kappa shape index (κ2) is 7.59. The Kier molecular flexibility index (Phi) is 7.23. The molecule has 0 aliphatic heterocycles. The second-order valence-electron chi connectivity index (χ2n) is 2.40. The average molecular weight is 156 g/mol. The zero-order valence-corrected chi connectivity index (χ0v) is 7.26. The van der Waals surface area contributed by atoms with E-state index in [4.69, 9.17) is 4.74 Å². The van der Waals surface area contributed by atoms with Crippen LogP contribution in [0.15, 0.2) is 0 Å². The van der Waals surface area contributed by atoms with Gasteiger partial charge in [0, 0.05) is 20.1 Å². The van der Waals surface area contributed by atoms with Gasteiger partial charge in [0.05, 0.1) is 6.10 Å². The number of aliphatic hydroxyl groups excluding tert-OH is 1. The SMILES string of the molecule is CC#CCCC(O)CCOC. The van der Waals surface area contributed by atoms with Crippen LogP contribution in [0.25, 0.3) is 0 Å². The molecule has 1 unspecified atom stereocenters. The van der Waals surface area contributed by atoms with E-state index in [9.17, 15) is 5.11 Å². The maximum Gasteiger partial charge on any atom is 0.0571 e. The summed E-state index contributed by atoms with van der Waals surface area (Å²) < 4.78 is 4.82. The van der Waals surface area contributed by atoms with Gasteiger partial charge >= 0.3 is 0 Å². The van der Waals surface area contributed by atoms with E-state index in [2.05, 4.69) is 11.8 Å². The molecule has 0 saturated carbocycles. The number of rotatable bonds is 5. The monoisotopic (exact) mass is 156 g/mol. The van der Waals surface area contributed by atoms with Crippen LogP contribution in [-0.2, 0) is 4.74 Å². The number of hydrogen-bond donors (Lipinski definition) is 1. The predicted octanol–water partition coefficient (Wildman–Crippen LogP) is 1.19. The first-order chi connectivity index (χ1) is 5.31. The van der Waals surface area contributed by atoms with Gasteiger partial charge in [0.25, 0.3) is 0 Å². The van der Waals surface area contributed by atoms with Crippen LogP contribution in [0, 0.1) is 11.8 Å². The van der Waals surface area contributed by atoms with Gasteiger partial charge in [0.1, 0.15) is 0 Å². The van der Waals surface area contributed by atoms with E-state index in [-0.39, 0.29) is 6.10 Å². The molecular weight excluding hydrogens is 140 g/mol. The zero-order valence-electron chi connectivity index (χ0n) is 7.26. The molecule has 0 aromatic carbocycles. The highest BCUT2D eigenvalue weighted by Gasteiger charge is 2.00. The summed E-state index contributed by atoms with van der Waals surface area (Å²) in [6.07, 6.45) is 1.99. The summed E-state index contributed by atoms with van der Waals surface area (Å²) in [5.41, 5.74) is 0. The van der Waals surface area contributed by atoms with Crippen molar-refractivity contribution in [3.8, 4) is 11.8 Å². The van der Waals surface area contributed by atoms with Crippen LogP contribution in [-0.4, -0.2) is 24.9 Å². The summed E-state index contributed by atoms with van der Waals surface area (Å²) in [6.45, 7) is 2.43. The largest absolute Gasteiger partial charge is 0.393 e. The molecule has 0 aliphatic rings. The van der Waals surface area contributed by atoms with Gasteiger partial charge in [-0.3, -0.25) is 0 Å². The molecule has 0 spiro atoms. The highest BCUT2D eigenvalue weighted by molar-refractivity contribution is 4.94. The van der Waals surface area contributed by atoms with Crippen molar-refractivity contribution in [3.05, 3.63) is 0 Å². The van der Waals surface area contributed by atoms with Crippen molar-refractivity contribution in [2.75, 3.05) is 13.7 Å². The van der Waals surface area contributed by atoms with Crippen molar-refractivity contribution >= 4 is 0 Å². The van der Waals surface area contributed by atoms with E-state index in [1.165, 1.54) is 0 Å². The summed E-state index contributed by atoms with van der Waals surface area (Å²) in [6, 6.07) is 0. The van der Waals surface area contributed by atoms with Crippen LogP contribution in [0.1, 0.15) is 26.2 Å². The van der Waals surface area contributed by atoms with E-state index in [0.717, 1.165) is 12.8 Å². The minimum absolute atomic E-state index is 0.254. The quantitative estimate of drug-likeness (QED) is 0.606. The van der Waals surface area contributed by atoms with Crippen LogP contribution in [0.2, 0.25) is 0 Å². The third kappa shape index (κ3) is 7.38. The van der Waals surface area contributed by atoms with Gasteiger partial charge in [-0.05, 0) is 19.8 Å². The normalized spacial score (nSPS) is 11.9. The molecule has 0 heterocycles. The minimum atomic E-state index is -0.254. The van der Waals surface area contributed by atoms with E-state index < -0.39 is 0 Å². The van der Waals surface area contributed by atoms with Gasteiger partial charge < -0.3 is 9.84 Å². The van der Waals surface area contributed by atoms with E-state index in [0.29, 0.717) is 13.0 Å². The van der Waals surface area contributed by atoms with Crippen LogP contribution in [0.3, 0.4) is 0 Å². The first-order valence-electron chi connectivity index (χ1n) is 3.88. The van der Waals surface area contributed by atoms with Crippen molar-refractivity contribution < 1.29 is 9.84 Å². The molecule has 0 aliphatic carbocycles. The summed E-state index contributed by atoms with van der Waals surface area (Å²) in [7, 11) is 1.64. The molecule has 0 aromatic rings. The van der Waals surface area contributed by atoms with Gasteiger partial charge in [-0.15, -0.1) is 11.8 Å². The second-order valence-corrected chi connectivity index (χ2v) is 2.40. The molecule has 0 amide bonds. The topological polar surface area (TPSA) is 29.5 Å².